The first-order valence-electron chi connectivity index (χ1n) is 20.0. The number of benzene rings is 3. The molecule has 1 aliphatic heterocycles. The highest BCUT2D eigenvalue weighted by atomic mass is 32.1. The molecule has 12 heteroatoms. The number of carboxylic acid groups (broad SMARTS) is 2. The number of rotatable bonds is 16. The summed E-state index contributed by atoms with van der Waals surface area (Å²) in [6.45, 7) is 5.85. The van der Waals surface area contributed by atoms with Gasteiger partial charge >= 0.3 is 11.9 Å². The van der Waals surface area contributed by atoms with E-state index in [4.69, 9.17) is 5.11 Å². The standard InChI is InChI=1S/C45H52N4O7S/c1-3-36(4-2)49(39(50)28-48-24-22-33(23-25-48)45(55)56)27-31-8-7-9-34(26-31)41(51)47-43-40(37-10-5-6-11-38(37)57-43)42(52)46-35-20-16-30(17-21-35)13-12-29-14-18-32(19-15-29)44(53)54/h7-9,14-21,26,33,36H,3-6,10-13,22-25,27-28H2,1-2H3,(H,46,52)(H,47,51)(H,53,54)(H,55,56). The number of hydrogen-bond donors (Lipinski definition) is 4. The van der Waals surface area contributed by atoms with Crippen molar-refractivity contribution in [3.05, 3.63) is 117 Å². The number of aliphatic carboxylic acids is 1. The van der Waals surface area contributed by atoms with Gasteiger partial charge in [-0.25, -0.2) is 4.79 Å². The van der Waals surface area contributed by atoms with Crippen LogP contribution in [-0.4, -0.2) is 75.3 Å². The maximum atomic E-state index is 13.9. The van der Waals surface area contributed by atoms with Gasteiger partial charge in [-0.2, -0.15) is 0 Å². The van der Waals surface area contributed by atoms with Crippen LogP contribution >= 0.6 is 11.3 Å². The highest BCUT2D eigenvalue weighted by molar-refractivity contribution is 7.17. The summed E-state index contributed by atoms with van der Waals surface area (Å²) in [5.74, 6) is -2.68. The number of hydrogen-bond acceptors (Lipinski definition) is 7. The Morgan fingerprint density at radius 1 is 0.789 bits per heavy atom. The van der Waals surface area contributed by atoms with Crippen molar-refractivity contribution in [3.63, 3.8) is 0 Å². The quantitative estimate of drug-likeness (QED) is 0.0892. The van der Waals surface area contributed by atoms with Crippen molar-refractivity contribution >= 4 is 51.7 Å². The molecule has 0 radical (unpaired) electrons. The number of aryl methyl sites for hydroxylation is 3. The second-order valence-electron chi connectivity index (χ2n) is 15.1. The summed E-state index contributed by atoms with van der Waals surface area (Å²) >= 11 is 1.46. The fourth-order valence-electron chi connectivity index (χ4n) is 7.90. The minimum absolute atomic E-state index is 0.00778. The van der Waals surface area contributed by atoms with Crippen molar-refractivity contribution in [1.82, 2.24) is 9.80 Å². The van der Waals surface area contributed by atoms with Crippen molar-refractivity contribution in [1.29, 1.82) is 0 Å². The number of aromatic carboxylic acids is 1. The van der Waals surface area contributed by atoms with E-state index in [9.17, 15) is 29.1 Å². The largest absolute Gasteiger partial charge is 0.481 e. The fraction of sp³-hybridized carbons (Fsp3) is 0.400. The van der Waals surface area contributed by atoms with Gasteiger partial charge in [0.1, 0.15) is 5.00 Å². The normalized spacial score (nSPS) is 14.5. The molecule has 0 saturated carbocycles. The summed E-state index contributed by atoms with van der Waals surface area (Å²) in [4.78, 5) is 69.2. The van der Waals surface area contributed by atoms with Gasteiger partial charge in [-0.15, -0.1) is 11.3 Å². The Labute approximate surface area is 338 Å². The monoisotopic (exact) mass is 792 g/mol. The molecule has 0 bridgehead atoms. The molecule has 6 rings (SSSR count). The molecular weight excluding hydrogens is 741 g/mol. The number of nitrogens with zero attached hydrogens (tertiary/aromatic N) is 2. The minimum atomic E-state index is -0.946. The first-order valence-corrected chi connectivity index (χ1v) is 20.9. The molecule has 11 nitrogen and oxygen atoms in total. The number of carbonyl (C=O) groups excluding carboxylic acids is 3. The van der Waals surface area contributed by atoms with Crippen molar-refractivity contribution in [2.45, 2.75) is 90.6 Å². The number of likely N-dealkylation sites (tertiary alicyclic amines) is 1. The molecule has 2 aliphatic rings. The molecule has 0 atom stereocenters. The molecule has 4 aromatic rings. The molecule has 3 aromatic carbocycles. The van der Waals surface area contributed by atoms with Crippen LogP contribution in [0.15, 0.2) is 72.8 Å². The lowest BCUT2D eigenvalue weighted by Gasteiger charge is -2.35. The summed E-state index contributed by atoms with van der Waals surface area (Å²) in [5, 5.41) is 25.2. The van der Waals surface area contributed by atoms with Gasteiger partial charge in [-0.3, -0.25) is 24.1 Å². The van der Waals surface area contributed by atoms with E-state index >= 15 is 0 Å². The number of thiophene rings is 1. The Morgan fingerprint density at radius 3 is 2.07 bits per heavy atom. The van der Waals surface area contributed by atoms with Gasteiger partial charge in [0, 0.05) is 28.7 Å². The van der Waals surface area contributed by atoms with Crippen LogP contribution < -0.4 is 10.6 Å². The fourth-order valence-corrected chi connectivity index (χ4v) is 9.18. The Bertz CT molecular complexity index is 2070. The lowest BCUT2D eigenvalue weighted by atomic mass is 9.95. The van der Waals surface area contributed by atoms with Crippen LogP contribution in [0.1, 0.15) is 111 Å². The van der Waals surface area contributed by atoms with Gasteiger partial charge in [-0.05, 0) is 136 Å². The van der Waals surface area contributed by atoms with Gasteiger partial charge in [-0.1, -0.05) is 50.2 Å². The minimum Gasteiger partial charge on any atom is -0.481 e. The third-order valence-electron chi connectivity index (χ3n) is 11.3. The maximum Gasteiger partial charge on any atom is 0.335 e. The Kier molecular flexibility index (Phi) is 13.9. The van der Waals surface area contributed by atoms with Crippen molar-refractivity contribution < 1.29 is 34.2 Å². The van der Waals surface area contributed by atoms with Crippen LogP contribution in [0.4, 0.5) is 10.7 Å². The van der Waals surface area contributed by atoms with Crippen LogP contribution in [0.2, 0.25) is 0 Å². The number of fused-ring (bicyclic) bond motifs is 1. The zero-order valence-corrected chi connectivity index (χ0v) is 33.5. The smallest absolute Gasteiger partial charge is 0.335 e. The number of anilines is 2. The summed E-state index contributed by atoms with van der Waals surface area (Å²) in [7, 11) is 0. The summed E-state index contributed by atoms with van der Waals surface area (Å²) in [6, 6.07) is 21.9. The van der Waals surface area contributed by atoms with E-state index in [0.717, 1.165) is 78.5 Å². The van der Waals surface area contributed by atoms with Crippen molar-refractivity contribution in [3.8, 4) is 0 Å². The van der Waals surface area contributed by atoms with Crippen molar-refractivity contribution in [2.24, 2.45) is 5.92 Å². The zero-order chi connectivity index (χ0) is 40.5. The zero-order valence-electron chi connectivity index (χ0n) is 32.7. The van der Waals surface area contributed by atoms with Crippen LogP contribution in [0.5, 0.6) is 0 Å². The number of carboxylic acids is 2. The molecule has 300 valence electrons. The average molecular weight is 793 g/mol. The highest BCUT2D eigenvalue weighted by Gasteiger charge is 2.30. The first-order chi connectivity index (χ1) is 27.5. The predicted octanol–water partition coefficient (Wildman–Crippen LogP) is 7.93. The number of nitrogens with one attached hydrogen (secondary N) is 2. The lowest BCUT2D eigenvalue weighted by Crippen LogP contribution is -2.47. The van der Waals surface area contributed by atoms with E-state index < -0.39 is 11.9 Å². The van der Waals surface area contributed by atoms with Gasteiger partial charge in [0.25, 0.3) is 11.8 Å². The number of piperidine rings is 1. The van der Waals surface area contributed by atoms with E-state index in [1.165, 1.54) is 11.3 Å². The molecule has 1 aliphatic carbocycles. The maximum absolute atomic E-state index is 13.9. The van der Waals surface area contributed by atoms with Crippen LogP contribution in [0.3, 0.4) is 0 Å². The Hall–Kier alpha value is -5.33. The highest BCUT2D eigenvalue weighted by Crippen LogP contribution is 2.39. The molecule has 1 saturated heterocycles. The molecule has 0 spiro atoms. The van der Waals surface area contributed by atoms with E-state index in [-0.39, 0.29) is 41.8 Å². The Balaban J connectivity index is 1.12. The van der Waals surface area contributed by atoms with E-state index in [0.29, 0.717) is 54.3 Å². The summed E-state index contributed by atoms with van der Waals surface area (Å²) in [6.07, 6.45) is 7.78. The molecule has 0 unspecified atom stereocenters. The van der Waals surface area contributed by atoms with E-state index in [1.807, 2.05) is 64.4 Å². The molecular formula is C45H52N4O7S. The van der Waals surface area contributed by atoms with Gasteiger partial charge in [0.15, 0.2) is 0 Å². The Morgan fingerprint density at radius 2 is 1.44 bits per heavy atom. The topological polar surface area (TPSA) is 156 Å². The molecule has 1 fully saturated rings. The third kappa shape index (κ3) is 10.5. The molecule has 4 N–H and O–H groups in total. The summed E-state index contributed by atoms with van der Waals surface area (Å²) in [5.41, 5.74) is 5.80. The van der Waals surface area contributed by atoms with Gasteiger partial charge in [0.2, 0.25) is 5.91 Å². The van der Waals surface area contributed by atoms with Crippen LogP contribution in [0.25, 0.3) is 0 Å². The van der Waals surface area contributed by atoms with Crippen molar-refractivity contribution in [2.75, 3.05) is 30.3 Å². The van der Waals surface area contributed by atoms with E-state index in [2.05, 4.69) is 24.5 Å². The van der Waals surface area contributed by atoms with Crippen LogP contribution in [-0.2, 0) is 41.8 Å². The van der Waals surface area contributed by atoms with Gasteiger partial charge in [0.05, 0.1) is 23.6 Å². The second kappa shape index (κ2) is 19.2. The summed E-state index contributed by atoms with van der Waals surface area (Å²) < 4.78 is 0. The lowest BCUT2D eigenvalue weighted by molar-refractivity contribution is -0.143. The molecule has 3 amide bonds. The average Bonchev–Trinajstić information content (AvgIpc) is 3.59. The SMILES string of the molecule is CCC(CC)N(Cc1cccc(C(=O)Nc2sc3c(c2C(=O)Nc2ccc(CCc4ccc(C(=O)O)cc4)cc2)CCCC3)c1)C(=O)CN1CCC(C(=O)O)CC1. The second-order valence-corrected chi connectivity index (χ2v) is 16.2. The number of amides is 3. The molecule has 57 heavy (non-hydrogen) atoms. The number of carbonyl (C=O) groups is 5. The predicted molar refractivity (Wildman–Crippen MR) is 222 cm³/mol. The first kappa shape index (κ1) is 41.3. The van der Waals surface area contributed by atoms with Crippen LogP contribution in [0, 0.1) is 5.92 Å². The van der Waals surface area contributed by atoms with Gasteiger partial charge < -0.3 is 25.7 Å². The van der Waals surface area contributed by atoms with E-state index in [1.54, 1.807) is 18.2 Å². The molecule has 1 aromatic heterocycles. The third-order valence-corrected chi connectivity index (χ3v) is 12.5. The molecule has 2 heterocycles.